The van der Waals surface area contributed by atoms with E-state index in [-0.39, 0.29) is 12.5 Å². The summed E-state index contributed by atoms with van der Waals surface area (Å²) in [6, 6.07) is 7.99. The van der Waals surface area contributed by atoms with Gasteiger partial charge >= 0.3 is 0 Å². The lowest BCUT2D eigenvalue weighted by Crippen LogP contribution is -2.33. The van der Waals surface area contributed by atoms with Crippen molar-refractivity contribution >= 4 is 11.7 Å². The molecule has 1 fully saturated rings. The summed E-state index contributed by atoms with van der Waals surface area (Å²) in [6.07, 6.45) is 3.53. The van der Waals surface area contributed by atoms with Crippen LogP contribution in [0.15, 0.2) is 28.7 Å². The Hall–Kier alpha value is -3.04. The van der Waals surface area contributed by atoms with Crippen molar-refractivity contribution in [2.75, 3.05) is 32.0 Å². The van der Waals surface area contributed by atoms with Crippen molar-refractivity contribution in [2.24, 2.45) is 0 Å². The molecule has 32 heavy (non-hydrogen) atoms. The SMILES string of the molecule is Cc1cc(C)n(-c2cc(NC(=O)CNCCC3CCCN3C)nc(-c3ccc(C)o3)n2)n1. The first-order valence-corrected chi connectivity index (χ1v) is 11.1. The van der Waals surface area contributed by atoms with Gasteiger partial charge in [0, 0.05) is 17.8 Å². The molecule has 1 aliphatic rings. The third-order valence-corrected chi connectivity index (χ3v) is 5.78. The van der Waals surface area contributed by atoms with Gasteiger partial charge in [0.2, 0.25) is 5.91 Å². The lowest BCUT2D eigenvalue weighted by atomic mass is 10.1. The number of hydrogen-bond acceptors (Lipinski definition) is 7. The standard InChI is InChI=1S/C23H31N7O2/c1-15-12-16(2)30(28-15)21-13-20(26-23(27-21)19-8-7-17(3)32-19)25-22(31)14-24-10-9-18-6-5-11-29(18)4/h7-8,12-13,18,24H,5-6,9-11,14H2,1-4H3,(H,25,26,27,31). The Bertz CT molecular complexity index is 1090. The number of nitrogens with zero attached hydrogens (tertiary/aromatic N) is 5. The molecule has 1 atom stereocenters. The van der Waals surface area contributed by atoms with Crippen LogP contribution in [-0.4, -0.2) is 63.3 Å². The molecule has 1 unspecified atom stereocenters. The lowest BCUT2D eigenvalue weighted by Gasteiger charge is -2.19. The van der Waals surface area contributed by atoms with Crippen LogP contribution in [0.3, 0.4) is 0 Å². The van der Waals surface area contributed by atoms with Gasteiger partial charge < -0.3 is 20.0 Å². The summed E-state index contributed by atoms with van der Waals surface area (Å²) in [6.45, 7) is 7.95. The van der Waals surface area contributed by atoms with E-state index in [4.69, 9.17) is 4.42 Å². The molecule has 4 rings (SSSR count). The molecule has 0 aromatic carbocycles. The molecule has 0 saturated carbocycles. The normalized spacial score (nSPS) is 16.6. The van der Waals surface area contributed by atoms with Crippen LogP contribution in [0.5, 0.6) is 0 Å². The van der Waals surface area contributed by atoms with Crippen molar-refractivity contribution < 1.29 is 9.21 Å². The third-order valence-electron chi connectivity index (χ3n) is 5.78. The zero-order valence-electron chi connectivity index (χ0n) is 19.2. The second kappa shape index (κ2) is 9.62. The minimum absolute atomic E-state index is 0.149. The number of anilines is 1. The van der Waals surface area contributed by atoms with Crippen LogP contribution in [0.25, 0.3) is 17.4 Å². The highest BCUT2D eigenvalue weighted by Crippen LogP contribution is 2.23. The molecule has 3 aromatic heterocycles. The molecule has 0 aliphatic carbocycles. The molecule has 9 nitrogen and oxygen atoms in total. The lowest BCUT2D eigenvalue weighted by molar-refractivity contribution is -0.115. The summed E-state index contributed by atoms with van der Waals surface area (Å²) < 4.78 is 7.45. The van der Waals surface area contributed by atoms with Gasteiger partial charge in [0.25, 0.3) is 0 Å². The van der Waals surface area contributed by atoms with E-state index >= 15 is 0 Å². The molecule has 4 heterocycles. The monoisotopic (exact) mass is 437 g/mol. The van der Waals surface area contributed by atoms with Crippen molar-refractivity contribution in [3.05, 3.63) is 41.4 Å². The number of hydrogen-bond donors (Lipinski definition) is 2. The Morgan fingerprint density at radius 3 is 2.72 bits per heavy atom. The molecule has 1 saturated heterocycles. The summed E-state index contributed by atoms with van der Waals surface area (Å²) in [4.78, 5) is 24.1. The molecule has 2 N–H and O–H groups in total. The van der Waals surface area contributed by atoms with E-state index in [1.54, 1.807) is 10.7 Å². The van der Waals surface area contributed by atoms with Crippen molar-refractivity contribution in [3.63, 3.8) is 0 Å². The average Bonchev–Trinajstić information content (AvgIpc) is 3.45. The summed E-state index contributed by atoms with van der Waals surface area (Å²) in [5.41, 5.74) is 1.83. The molecular weight excluding hydrogens is 406 g/mol. The first kappa shape index (κ1) is 22.2. The van der Waals surface area contributed by atoms with E-state index in [1.165, 1.54) is 12.8 Å². The minimum atomic E-state index is -0.149. The van der Waals surface area contributed by atoms with E-state index in [9.17, 15) is 4.79 Å². The van der Waals surface area contributed by atoms with Gasteiger partial charge in [0.15, 0.2) is 17.4 Å². The zero-order valence-corrected chi connectivity index (χ0v) is 19.2. The van der Waals surface area contributed by atoms with Crippen LogP contribution < -0.4 is 10.6 Å². The van der Waals surface area contributed by atoms with E-state index in [0.717, 1.165) is 36.7 Å². The van der Waals surface area contributed by atoms with Crippen molar-refractivity contribution in [2.45, 2.75) is 46.1 Å². The van der Waals surface area contributed by atoms with Gasteiger partial charge in [0.05, 0.1) is 12.2 Å². The predicted octanol–water partition coefficient (Wildman–Crippen LogP) is 2.86. The smallest absolute Gasteiger partial charge is 0.239 e. The third kappa shape index (κ3) is 5.23. The first-order valence-electron chi connectivity index (χ1n) is 11.1. The van der Waals surface area contributed by atoms with Crippen LogP contribution >= 0.6 is 0 Å². The Labute approximate surface area is 188 Å². The molecule has 0 radical (unpaired) electrons. The fraction of sp³-hybridized carbons (Fsp3) is 0.478. The Balaban J connectivity index is 1.46. The van der Waals surface area contributed by atoms with Crippen LogP contribution in [0.2, 0.25) is 0 Å². The molecule has 3 aromatic rings. The van der Waals surface area contributed by atoms with E-state index in [0.29, 0.717) is 29.3 Å². The molecular formula is C23H31N7O2. The number of carbonyl (C=O) groups is 1. The highest BCUT2D eigenvalue weighted by molar-refractivity contribution is 5.91. The van der Waals surface area contributed by atoms with Crippen molar-refractivity contribution in [3.8, 4) is 17.4 Å². The highest BCUT2D eigenvalue weighted by atomic mass is 16.3. The molecule has 1 aliphatic heterocycles. The fourth-order valence-corrected chi connectivity index (χ4v) is 4.13. The van der Waals surface area contributed by atoms with Gasteiger partial charge in [-0.2, -0.15) is 5.10 Å². The molecule has 9 heteroatoms. The van der Waals surface area contributed by atoms with E-state index < -0.39 is 0 Å². The Morgan fingerprint density at radius 1 is 1.22 bits per heavy atom. The fourth-order valence-electron chi connectivity index (χ4n) is 4.13. The molecule has 0 bridgehead atoms. The van der Waals surface area contributed by atoms with E-state index in [1.807, 2.05) is 39.0 Å². The molecule has 1 amide bonds. The van der Waals surface area contributed by atoms with Crippen LogP contribution in [0.4, 0.5) is 5.82 Å². The maximum absolute atomic E-state index is 12.6. The largest absolute Gasteiger partial charge is 0.458 e. The van der Waals surface area contributed by atoms with Gasteiger partial charge in [-0.1, -0.05) is 0 Å². The Kier molecular flexibility index (Phi) is 6.66. The van der Waals surface area contributed by atoms with Gasteiger partial charge in [-0.15, -0.1) is 0 Å². The van der Waals surface area contributed by atoms with Crippen LogP contribution in [0.1, 0.15) is 36.4 Å². The van der Waals surface area contributed by atoms with Gasteiger partial charge in [0.1, 0.15) is 11.6 Å². The topological polar surface area (TPSA) is 101 Å². The summed E-state index contributed by atoms with van der Waals surface area (Å²) in [5.74, 6) is 2.54. The van der Waals surface area contributed by atoms with Crippen LogP contribution in [0, 0.1) is 20.8 Å². The van der Waals surface area contributed by atoms with Gasteiger partial charge in [-0.25, -0.2) is 14.6 Å². The number of likely N-dealkylation sites (tertiary alicyclic amines) is 1. The predicted molar refractivity (Wildman–Crippen MR) is 123 cm³/mol. The van der Waals surface area contributed by atoms with Crippen molar-refractivity contribution in [1.29, 1.82) is 0 Å². The Morgan fingerprint density at radius 2 is 2.06 bits per heavy atom. The average molecular weight is 438 g/mol. The zero-order chi connectivity index (χ0) is 22.7. The second-order valence-corrected chi connectivity index (χ2v) is 8.47. The minimum Gasteiger partial charge on any atom is -0.458 e. The molecule has 170 valence electrons. The summed E-state index contributed by atoms with van der Waals surface area (Å²) in [5, 5.41) is 10.6. The first-order chi connectivity index (χ1) is 15.4. The number of amides is 1. The highest BCUT2D eigenvalue weighted by Gasteiger charge is 2.20. The van der Waals surface area contributed by atoms with E-state index in [2.05, 4.69) is 37.6 Å². The number of aryl methyl sites for hydroxylation is 3. The number of carbonyl (C=O) groups excluding carboxylic acids is 1. The maximum Gasteiger partial charge on any atom is 0.239 e. The second-order valence-electron chi connectivity index (χ2n) is 8.47. The van der Waals surface area contributed by atoms with Crippen molar-refractivity contribution in [1.82, 2.24) is 30.0 Å². The quantitative estimate of drug-likeness (QED) is 0.523. The number of furan rings is 1. The molecule has 0 spiro atoms. The maximum atomic E-state index is 12.6. The van der Waals surface area contributed by atoms with Gasteiger partial charge in [-0.05, 0) is 78.4 Å². The number of rotatable bonds is 8. The number of nitrogens with one attached hydrogen (secondary N) is 2. The summed E-state index contributed by atoms with van der Waals surface area (Å²) >= 11 is 0. The number of aromatic nitrogens is 4. The van der Waals surface area contributed by atoms with Crippen LogP contribution in [-0.2, 0) is 4.79 Å². The van der Waals surface area contributed by atoms with Gasteiger partial charge in [-0.3, -0.25) is 4.79 Å². The summed E-state index contributed by atoms with van der Waals surface area (Å²) in [7, 11) is 2.16.